The SMILES string of the molecule is Cc1ccc(Nc2cnc(C(=O)Nc3cccc4cccnc34)cn2)c(C)c1. The average Bonchev–Trinajstić information content (AvgIpc) is 2.71. The number of benzene rings is 2. The third-order valence-electron chi connectivity index (χ3n) is 4.41. The lowest BCUT2D eigenvalue weighted by atomic mass is 10.1. The molecule has 0 fully saturated rings. The Balaban J connectivity index is 1.51. The van der Waals surface area contributed by atoms with E-state index in [1.165, 1.54) is 11.8 Å². The predicted octanol–water partition coefficient (Wildman–Crippen LogP) is 4.64. The molecule has 6 heteroatoms. The Morgan fingerprint density at radius 1 is 0.893 bits per heavy atom. The second kappa shape index (κ2) is 7.44. The van der Waals surface area contributed by atoms with Crippen LogP contribution in [-0.2, 0) is 0 Å². The Labute approximate surface area is 162 Å². The van der Waals surface area contributed by atoms with Gasteiger partial charge in [-0.2, -0.15) is 0 Å². The van der Waals surface area contributed by atoms with Gasteiger partial charge in [0, 0.05) is 17.3 Å². The van der Waals surface area contributed by atoms with E-state index in [0.29, 0.717) is 11.5 Å². The monoisotopic (exact) mass is 369 g/mol. The molecule has 0 saturated carbocycles. The molecule has 0 radical (unpaired) electrons. The lowest BCUT2D eigenvalue weighted by Crippen LogP contribution is -2.14. The van der Waals surface area contributed by atoms with E-state index in [9.17, 15) is 4.79 Å². The van der Waals surface area contributed by atoms with Crippen LogP contribution < -0.4 is 10.6 Å². The van der Waals surface area contributed by atoms with Crippen molar-refractivity contribution in [3.8, 4) is 0 Å². The Kier molecular flexibility index (Phi) is 4.68. The molecule has 138 valence electrons. The first-order valence-corrected chi connectivity index (χ1v) is 8.91. The standard InChI is InChI=1S/C22H19N5O/c1-14-8-9-17(15(2)11-14)26-20-13-24-19(12-25-20)22(28)27-18-7-3-5-16-6-4-10-23-21(16)18/h3-13H,1-2H3,(H,25,26)(H,27,28). The number of carbonyl (C=O) groups is 1. The maximum Gasteiger partial charge on any atom is 0.275 e. The molecule has 0 bridgehead atoms. The van der Waals surface area contributed by atoms with Gasteiger partial charge in [0.15, 0.2) is 0 Å². The van der Waals surface area contributed by atoms with E-state index >= 15 is 0 Å². The lowest BCUT2D eigenvalue weighted by molar-refractivity contribution is 0.102. The molecule has 4 aromatic rings. The molecule has 0 aliphatic carbocycles. The van der Waals surface area contributed by atoms with Gasteiger partial charge in [0.05, 0.1) is 23.6 Å². The molecule has 0 aliphatic heterocycles. The highest BCUT2D eigenvalue weighted by molar-refractivity contribution is 6.07. The number of hydrogen-bond acceptors (Lipinski definition) is 5. The number of amides is 1. The lowest BCUT2D eigenvalue weighted by Gasteiger charge is -2.10. The van der Waals surface area contributed by atoms with Gasteiger partial charge >= 0.3 is 0 Å². The van der Waals surface area contributed by atoms with Crippen LogP contribution in [0, 0.1) is 13.8 Å². The van der Waals surface area contributed by atoms with E-state index in [4.69, 9.17) is 0 Å². The topological polar surface area (TPSA) is 79.8 Å². The van der Waals surface area contributed by atoms with Crippen molar-refractivity contribution in [3.05, 3.63) is 83.9 Å². The van der Waals surface area contributed by atoms with Crippen LogP contribution in [0.4, 0.5) is 17.2 Å². The molecule has 6 nitrogen and oxygen atoms in total. The normalized spacial score (nSPS) is 10.6. The van der Waals surface area contributed by atoms with Gasteiger partial charge in [0.25, 0.3) is 5.91 Å². The first-order chi connectivity index (χ1) is 13.6. The van der Waals surface area contributed by atoms with E-state index in [2.05, 4.69) is 38.6 Å². The molecule has 0 saturated heterocycles. The van der Waals surface area contributed by atoms with Crippen LogP contribution in [0.5, 0.6) is 0 Å². The molecule has 2 aromatic carbocycles. The predicted molar refractivity (Wildman–Crippen MR) is 111 cm³/mol. The maximum atomic E-state index is 12.6. The summed E-state index contributed by atoms with van der Waals surface area (Å²) in [6.07, 6.45) is 4.71. The van der Waals surface area contributed by atoms with Crippen molar-refractivity contribution in [3.63, 3.8) is 0 Å². The van der Waals surface area contributed by atoms with Crippen molar-refractivity contribution >= 4 is 34.0 Å². The number of anilines is 3. The highest BCUT2D eigenvalue weighted by atomic mass is 16.1. The van der Waals surface area contributed by atoms with E-state index in [0.717, 1.165) is 22.2 Å². The number of hydrogen-bond donors (Lipinski definition) is 2. The minimum Gasteiger partial charge on any atom is -0.339 e. The first kappa shape index (κ1) is 17.6. The summed E-state index contributed by atoms with van der Waals surface area (Å²) in [5.74, 6) is 0.249. The number of para-hydroxylation sites is 1. The minimum absolute atomic E-state index is 0.235. The summed E-state index contributed by atoms with van der Waals surface area (Å²) >= 11 is 0. The van der Waals surface area contributed by atoms with Crippen LogP contribution >= 0.6 is 0 Å². The van der Waals surface area contributed by atoms with Gasteiger partial charge in [0.1, 0.15) is 11.5 Å². The third-order valence-corrected chi connectivity index (χ3v) is 4.41. The fraction of sp³-hybridized carbons (Fsp3) is 0.0909. The van der Waals surface area contributed by atoms with Gasteiger partial charge in [-0.3, -0.25) is 9.78 Å². The number of nitrogens with zero attached hydrogens (tertiary/aromatic N) is 3. The van der Waals surface area contributed by atoms with Gasteiger partial charge in [-0.1, -0.05) is 35.9 Å². The summed E-state index contributed by atoms with van der Waals surface area (Å²) in [6, 6.07) is 15.6. The molecule has 0 spiro atoms. The average molecular weight is 369 g/mol. The van der Waals surface area contributed by atoms with Crippen LogP contribution in [0.25, 0.3) is 10.9 Å². The highest BCUT2D eigenvalue weighted by Gasteiger charge is 2.11. The number of carbonyl (C=O) groups excluding carboxylic acids is 1. The summed E-state index contributed by atoms with van der Waals surface area (Å²) in [4.78, 5) is 25.5. The summed E-state index contributed by atoms with van der Waals surface area (Å²) in [5.41, 5.74) is 4.89. The zero-order valence-corrected chi connectivity index (χ0v) is 15.6. The molecule has 2 aromatic heterocycles. The second-order valence-corrected chi connectivity index (χ2v) is 6.57. The summed E-state index contributed by atoms with van der Waals surface area (Å²) in [7, 11) is 0. The number of pyridine rings is 1. The minimum atomic E-state index is -0.330. The van der Waals surface area contributed by atoms with Crippen molar-refractivity contribution in [1.82, 2.24) is 15.0 Å². The van der Waals surface area contributed by atoms with Gasteiger partial charge in [-0.25, -0.2) is 9.97 Å². The molecule has 2 heterocycles. The van der Waals surface area contributed by atoms with Gasteiger partial charge in [-0.05, 0) is 37.6 Å². The Hall–Kier alpha value is -3.80. The molecule has 2 N–H and O–H groups in total. The fourth-order valence-corrected chi connectivity index (χ4v) is 2.99. The molecule has 4 rings (SSSR count). The van der Waals surface area contributed by atoms with Gasteiger partial charge in [0.2, 0.25) is 0 Å². The smallest absolute Gasteiger partial charge is 0.275 e. The van der Waals surface area contributed by atoms with Crippen LogP contribution in [-0.4, -0.2) is 20.9 Å². The molecule has 0 unspecified atom stereocenters. The first-order valence-electron chi connectivity index (χ1n) is 8.91. The van der Waals surface area contributed by atoms with E-state index < -0.39 is 0 Å². The molecular formula is C22H19N5O. The summed E-state index contributed by atoms with van der Waals surface area (Å²) in [5, 5.41) is 7.04. The van der Waals surface area contributed by atoms with Crippen LogP contribution in [0.2, 0.25) is 0 Å². The molecular weight excluding hydrogens is 350 g/mol. The van der Waals surface area contributed by atoms with E-state index in [1.807, 2.05) is 49.4 Å². The van der Waals surface area contributed by atoms with Crippen molar-refractivity contribution < 1.29 is 4.79 Å². The van der Waals surface area contributed by atoms with Crippen LogP contribution in [0.3, 0.4) is 0 Å². The van der Waals surface area contributed by atoms with Crippen LogP contribution in [0.15, 0.2) is 67.1 Å². The fourth-order valence-electron chi connectivity index (χ4n) is 2.99. The number of aromatic nitrogens is 3. The van der Waals surface area contributed by atoms with Crippen molar-refractivity contribution in [2.45, 2.75) is 13.8 Å². The summed E-state index contributed by atoms with van der Waals surface area (Å²) < 4.78 is 0. The number of rotatable bonds is 4. The zero-order chi connectivity index (χ0) is 19.5. The number of nitrogens with one attached hydrogen (secondary N) is 2. The second-order valence-electron chi connectivity index (χ2n) is 6.57. The van der Waals surface area contributed by atoms with Crippen LogP contribution in [0.1, 0.15) is 21.6 Å². The van der Waals surface area contributed by atoms with Gasteiger partial charge < -0.3 is 10.6 Å². The Bertz CT molecular complexity index is 1150. The third kappa shape index (κ3) is 3.66. The van der Waals surface area contributed by atoms with Crippen molar-refractivity contribution in [2.24, 2.45) is 0 Å². The largest absolute Gasteiger partial charge is 0.339 e. The zero-order valence-electron chi connectivity index (χ0n) is 15.6. The quantitative estimate of drug-likeness (QED) is 0.548. The molecule has 0 atom stereocenters. The number of fused-ring (bicyclic) bond motifs is 1. The Morgan fingerprint density at radius 3 is 2.54 bits per heavy atom. The van der Waals surface area contributed by atoms with Crippen molar-refractivity contribution in [1.29, 1.82) is 0 Å². The number of aryl methyl sites for hydroxylation is 2. The summed E-state index contributed by atoms with van der Waals surface area (Å²) in [6.45, 7) is 4.08. The van der Waals surface area contributed by atoms with E-state index in [-0.39, 0.29) is 11.6 Å². The Morgan fingerprint density at radius 2 is 1.75 bits per heavy atom. The van der Waals surface area contributed by atoms with Crippen molar-refractivity contribution in [2.75, 3.05) is 10.6 Å². The van der Waals surface area contributed by atoms with Gasteiger partial charge in [-0.15, -0.1) is 0 Å². The molecule has 28 heavy (non-hydrogen) atoms. The molecule has 0 aliphatic rings. The molecule has 1 amide bonds. The maximum absolute atomic E-state index is 12.6. The highest BCUT2D eigenvalue weighted by Crippen LogP contribution is 2.22. The van der Waals surface area contributed by atoms with E-state index in [1.54, 1.807) is 12.4 Å².